The van der Waals surface area contributed by atoms with Crippen molar-refractivity contribution in [1.82, 2.24) is 0 Å². The van der Waals surface area contributed by atoms with Crippen molar-refractivity contribution in [2.45, 2.75) is 6.54 Å². The van der Waals surface area contributed by atoms with Gasteiger partial charge in [0, 0.05) is 17.1 Å². The van der Waals surface area contributed by atoms with Crippen LogP contribution in [0.2, 0.25) is 5.02 Å². The van der Waals surface area contributed by atoms with Gasteiger partial charge < -0.3 is 10.1 Å². The van der Waals surface area contributed by atoms with Gasteiger partial charge in [0.1, 0.15) is 11.6 Å². The van der Waals surface area contributed by atoms with Crippen LogP contribution in [-0.4, -0.2) is 13.1 Å². The summed E-state index contributed by atoms with van der Waals surface area (Å²) in [6.45, 7) is 0.00787. The van der Waals surface area contributed by atoms with Gasteiger partial charge in [0.15, 0.2) is 0 Å². The van der Waals surface area contributed by atoms with Gasteiger partial charge in [-0.05, 0) is 36.4 Å². The molecule has 0 aliphatic rings. The molecule has 0 unspecified atom stereocenters. The summed E-state index contributed by atoms with van der Waals surface area (Å²) in [6, 6.07) is 7.74. The number of benzene rings is 2. The molecule has 0 saturated heterocycles. The highest BCUT2D eigenvalue weighted by Gasteiger charge is 2.13. The summed E-state index contributed by atoms with van der Waals surface area (Å²) in [5, 5.41) is 3.27. The Morgan fingerprint density at radius 2 is 2.00 bits per heavy atom. The van der Waals surface area contributed by atoms with Gasteiger partial charge in [-0.25, -0.2) is 13.6 Å². The van der Waals surface area contributed by atoms with Gasteiger partial charge in [-0.3, -0.25) is 0 Å². The fourth-order valence-corrected chi connectivity index (χ4v) is 1.99. The molecule has 0 amide bonds. The monoisotopic (exact) mass is 311 g/mol. The fraction of sp³-hybridized carbons (Fsp3) is 0.133. The van der Waals surface area contributed by atoms with Crippen LogP contribution in [0.1, 0.15) is 15.9 Å². The van der Waals surface area contributed by atoms with Crippen molar-refractivity contribution in [2.24, 2.45) is 0 Å². The summed E-state index contributed by atoms with van der Waals surface area (Å²) in [5.41, 5.74) is 0.794. The lowest BCUT2D eigenvalue weighted by Gasteiger charge is -2.12. The third kappa shape index (κ3) is 3.70. The summed E-state index contributed by atoms with van der Waals surface area (Å²) in [7, 11) is 1.26. The quantitative estimate of drug-likeness (QED) is 0.867. The number of anilines is 1. The molecule has 0 fully saturated rings. The molecule has 6 heteroatoms. The highest BCUT2D eigenvalue weighted by molar-refractivity contribution is 6.31. The Labute approximate surface area is 125 Å². The van der Waals surface area contributed by atoms with E-state index < -0.39 is 17.6 Å². The second-order valence-electron chi connectivity index (χ2n) is 4.27. The zero-order chi connectivity index (χ0) is 15.4. The minimum absolute atomic E-state index is 0.00787. The highest BCUT2D eigenvalue weighted by atomic mass is 35.5. The van der Waals surface area contributed by atoms with Crippen molar-refractivity contribution in [3.63, 3.8) is 0 Å². The maximum atomic E-state index is 13.6. The zero-order valence-electron chi connectivity index (χ0n) is 11.1. The molecule has 0 spiro atoms. The van der Waals surface area contributed by atoms with Crippen LogP contribution in [0.25, 0.3) is 0 Å². The Kier molecular flexibility index (Phi) is 4.75. The molecular formula is C15H12ClF2NO2. The van der Waals surface area contributed by atoms with E-state index in [4.69, 9.17) is 11.6 Å². The molecule has 0 atom stereocenters. The SMILES string of the molecule is COC(=O)c1ccc(Cl)cc1NCc1cc(F)ccc1F. The predicted octanol–water partition coefficient (Wildman–Crippen LogP) is 4.02. The Hall–Kier alpha value is -2.14. The zero-order valence-corrected chi connectivity index (χ0v) is 11.9. The Balaban J connectivity index is 2.25. The lowest BCUT2D eigenvalue weighted by molar-refractivity contribution is 0.0602. The van der Waals surface area contributed by atoms with Gasteiger partial charge in [-0.2, -0.15) is 0 Å². The van der Waals surface area contributed by atoms with Gasteiger partial charge in [0.2, 0.25) is 0 Å². The van der Waals surface area contributed by atoms with E-state index in [0.29, 0.717) is 10.7 Å². The van der Waals surface area contributed by atoms with Crippen molar-refractivity contribution < 1.29 is 18.3 Å². The van der Waals surface area contributed by atoms with E-state index in [-0.39, 0.29) is 17.7 Å². The number of hydrogen-bond acceptors (Lipinski definition) is 3. The van der Waals surface area contributed by atoms with Gasteiger partial charge in [0.25, 0.3) is 0 Å². The van der Waals surface area contributed by atoms with Crippen molar-refractivity contribution >= 4 is 23.3 Å². The molecule has 0 radical (unpaired) electrons. The van der Waals surface area contributed by atoms with E-state index in [2.05, 4.69) is 10.1 Å². The number of rotatable bonds is 4. The number of esters is 1. The minimum Gasteiger partial charge on any atom is -0.465 e. The number of halogens is 3. The molecule has 0 bridgehead atoms. The molecular weight excluding hydrogens is 300 g/mol. The topological polar surface area (TPSA) is 38.3 Å². The molecule has 2 aromatic rings. The first-order valence-electron chi connectivity index (χ1n) is 6.07. The number of carbonyl (C=O) groups excluding carboxylic acids is 1. The van der Waals surface area contributed by atoms with Crippen LogP contribution in [0.4, 0.5) is 14.5 Å². The van der Waals surface area contributed by atoms with Crippen LogP contribution in [0.15, 0.2) is 36.4 Å². The number of hydrogen-bond donors (Lipinski definition) is 1. The van der Waals surface area contributed by atoms with E-state index in [1.54, 1.807) is 6.07 Å². The molecule has 3 nitrogen and oxygen atoms in total. The molecule has 0 saturated carbocycles. The van der Waals surface area contributed by atoms with Crippen molar-refractivity contribution in [3.05, 3.63) is 64.2 Å². The summed E-state index contributed by atoms with van der Waals surface area (Å²) < 4.78 is 31.3. The molecule has 110 valence electrons. The van der Waals surface area contributed by atoms with Crippen LogP contribution in [0.3, 0.4) is 0 Å². The minimum atomic E-state index is -0.547. The van der Waals surface area contributed by atoms with Crippen LogP contribution < -0.4 is 5.32 Å². The highest BCUT2D eigenvalue weighted by Crippen LogP contribution is 2.23. The van der Waals surface area contributed by atoms with Gasteiger partial charge in [0.05, 0.1) is 18.4 Å². The van der Waals surface area contributed by atoms with Gasteiger partial charge >= 0.3 is 5.97 Å². The third-order valence-electron chi connectivity index (χ3n) is 2.86. The van der Waals surface area contributed by atoms with Crippen LogP contribution >= 0.6 is 11.6 Å². The summed E-state index contributed by atoms with van der Waals surface area (Å²) in [6.07, 6.45) is 0. The summed E-state index contributed by atoms with van der Waals surface area (Å²) in [4.78, 5) is 11.6. The van der Waals surface area contributed by atoms with Crippen molar-refractivity contribution in [1.29, 1.82) is 0 Å². The largest absolute Gasteiger partial charge is 0.465 e. The van der Waals surface area contributed by atoms with Gasteiger partial charge in [-0.15, -0.1) is 0 Å². The Morgan fingerprint density at radius 1 is 1.24 bits per heavy atom. The lowest BCUT2D eigenvalue weighted by Crippen LogP contribution is -2.09. The van der Waals surface area contributed by atoms with E-state index in [9.17, 15) is 13.6 Å². The first-order chi connectivity index (χ1) is 10.0. The van der Waals surface area contributed by atoms with Crippen LogP contribution in [-0.2, 0) is 11.3 Å². The molecule has 2 aromatic carbocycles. The number of ether oxygens (including phenoxy) is 1. The van der Waals surface area contributed by atoms with Crippen LogP contribution in [0.5, 0.6) is 0 Å². The summed E-state index contributed by atoms with van der Waals surface area (Å²) >= 11 is 5.88. The van der Waals surface area contributed by atoms with E-state index in [0.717, 1.165) is 18.2 Å². The second-order valence-corrected chi connectivity index (χ2v) is 4.71. The molecule has 0 aliphatic carbocycles. The smallest absolute Gasteiger partial charge is 0.339 e. The van der Waals surface area contributed by atoms with Crippen LogP contribution in [0, 0.1) is 11.6 Å². The predicted molar refractivity (Wildman–Crippen MR) is 76.5 cm³/mol. The maximum absolute atomic E-state index is 13.6. The maximum Gasteiger partial charge on any atom is 0.339 e. The third-order valence-corrected chi connectivity index (χ3v) is 3.10. The molecule has 0 aromatic heterocycles. The standard InChI is InChI=1S/C15H12ClF2NO2/c1-21-15(20)12-4-2-10(16)7-14(12)19-8-9-6-11(17)3-5-13(9)18/h2-7,19H,8H2,1H3. The average molecular weight is 312 g/mol. The average Bonchev–Trinajstić information content (AvgIpc) is 2.47. The van der Waals surface area contributed by atoms with E-state index >= 15 is 0 Å². The van der Waals surface area contributed by atoms with Crippen molar-refractivity contribution in [2.75, 3.05) is 12.4 Å². The molecule has 1 N–H and O–H groups in total. The lowest BCUT2D eigenvalue weighted by atomic mass is 10.1. The molecule has 0 aliphatic heterocycles. The van der Waals surface area contributed by atoms with E-state index in [1.165, 1.54) is 19.2 Å². The first-order valence-corrected chi connectivity index (χ1v) is 6.44. The van der Waals surface area contributed by atoms with Gasteiger partial charge in [-0.1, -0.05) is 11.6 Å². The summed E-state index contributed by atoms with van der Waals surface area (Å²) in [5.74, 6) is -1.62. The number of nitrogens with one attached hydrogen (secondary N) is 1. The fourth-order valence-electron chi connectivity index (χ4n) is 1.82. The molecule has 0 heterocycles. The number of methoxy groups -OCH3 is 1. The van der Waals surface area contributed by atoms with E-state index in [1.807, 2.05) is 0 Å². The first kappa shape index (κ1) is 15.3. The van der Waals surface area contributed by atoms with Crippen molar-refractivity contribution in [3.8, 4) is 0 Å². The molecule has 2 rings (SSSR count). The normalized spacial score (nSPS) is 10.3. The Bertz CT molecular complexity index is 677. The Morgan fingerprint density at radius 3 is 2.71 bits per heavy atom. The second kappa shape index (κ2) is 6.54. The molecule has 21 heavy (non-hydrogen) atoms. The number of carbonyl (C=O) groups is 1.